The van der Waals surface area contributed by atoms with Crippen LogP contribution in [0.25, 0.3) is 0 Å². The van der Waals surface area contributed by atoms with E-state index in [1.807, 2.05) is 20.8 Å². The minimum atomic E-state index is -0.364. The van der Waals surface area contributed by atoms with E-state index in [1.54, 1.807) is 0 Å². The summed E-state index contributed by atoms with van der Waals surface area (Å²) in [4.78, 5) is 12.0. The fourth-order valence-electron chi connectivity index (χ4n) is 2.93. The summed E-state index contributed by atoms with van der Waals surface area (Å²) in [7, 11) is 0. The summed E-state index contributed by atoms with van der Waals surface area (Å²) < 4.78 is 0. The fraction of sp³-hybridized carbons (Fsp3) is 0.870. The van der Waals surface area contributed by atoms with E-state index in [2.05, 4.69) is 24.4 Å². The molecule has 0 heterocycles. The van der Waals surface area contributed by atoms with E-state index >= 15 is 0 Å². The van der Waals surface area contributed by atoms with Crippen LogP contribution in [0.5, 0.6) is 0 Å². The smallest absolute Gasteiger partial charge is 0.225 e. The molecule has 3 heteroatoms. The molecule has 0 aliphatic carbocycles. The lowest BCUT2D eigenvalue weighted by Gasteiger charge is -2.21. The number of hydrogen-bond donors (Lipinski definition) is 2. The Morgan fingerprint density at radius 2 is 1.35 bits per heavy atom. The molecule has 0 saturated carbocycles. The molecular weight excluding hydrogens is 320 g/mol. The highest BCUT2D eigenvalue weighted by Crippen LogP contribution is 2.14. The van der Waals surface area contributed by atoms with Crippen LogP contribution in [0.3, 0.4) is 0 Å². The summed E-state index contributed by atoms with van der Waals surface area (Å²) in [5.74, 6) is 0.0583. The van der Waals surface area contributed by atoms with Crippen molar-refractivity contribution in [2.24, 2.45) is 11.1 Å². The largest absolute Gasteiger partial charge is 0.348 e. The van der Waals surface area contributed by atoms with Gasteiger partial charge in [0.05, 0.1) is 6.04 Å². The lowest BCUT2D eigenvalue weighted by atomic mass is 9.95. The van der Waals surface area contributed by atoms with Crippen LogP contribution in [0.15, 0.2) is 12.2 Å². The van der Waals surface area contributed by atoms with Gasteiger partial charge in [-0.15, -0.1) is 0 Å². The van der Waals surface area contributed by atoms with Crippen molar-refractivity contribution in [1.82, 2.24) is 5.32 Å². The van der Waals surface area contributed by atoms with Crippen molar-refractivity contribution in [3.63, 3.8) is 0 Å². The van der Waals surface area contributed by atoms with Crippen molar-refractivity contribution in [2.45, 2.75) is 117 Å². The van der Waals surface area contributed by atoms with Crippen molar-refractivity contribution in [3.05, 3.63) is 12.2 Å². The van der Waals surface area contributed by atoms with Gasteiger partial charge in [0.25, 0.3) is 0 Å². The molecule has 1 amide bonds. The first-order valence-electron chi connectivity index (χ1n) is 11.1. The van der Waals surface area contributed by atoms with Gasteiger partial charge in [-0.2, -0.15) is 0 Å². The van der Waals surface area contributed by atoms with Crippen LogP contribution in [0.1, 0.15) is 111 Å². The van der Waals surface area contributed by atoms with Crippen LogP contribution in [0, 0.1) is 5.41 Å². The van der Waals surface area contributed by atoms with Gasteiger partial charge >= 0.3 is 0 Å². The number of rotatable bonds is 16. The Balaban J connectivity index is 3.53. The number of nitrogens with two attached hydrogens (primary N) is 1. The quantitative estimate of drug-likeness (QED) is 0.255. The molecule has 26 heavy (non-hydrogen) atoms. The highest BCUT2D eigenvalue weighted by Gasteiger charge is 2.22. The van der Waals surface area contributed by atoms with Gasteiger partial charge in [0.15, 0.2) is 0 Å². The van der Waals surface area contributed by atoms with Crippen LogP contribution in [0.4, 0.5) is 0 Å². The molecule has 0 aromatic rings. The monoisotopic (exact) mass is 366 g/mol. The van der Waals surface area contributed by atoms with Gasteiger partial charge in [-0.25, -0.2) is 0 Å². The van der Waals surface area contributed by atoms with Crippen LogP contribution >= 0.6 is 0 Å². The molecule has 3 N–H and O–H groups in total. The van der Waals surface area contributed by atoms with Gasteiger partial charge in [0.2, 0.25) is 5.91 Å². The summed E-state index contributed by atoms with van der Waals surface area (Å²) in [6.45, 7) is 8.50. The molecule has 0 aromatic carbocycles. The lowest BCUT2D eigenvalue weighted by molar-refractivity contribution is -0.128. The third kappa shape index (κ3) is 15.4. The van der Waals surface area contributed by atoms with Gasteiger partial charge in [-0.1, -0.05) is 110 Å². The predicted octanol–water partition coefficient (Wildman–Crippen LogP) is 6.12. The van der Waals surface area contributed by atoms with Crippen LogP contribution in [-0.2, 0) is 4.79 Å². The summed E-state index contributed by atoms with van der Waals surface area (Å²) in [6.07, 6.45) is 21.9. The molecule has 3 nitrogen and oxygen atoms in total. The summed E-state index contributed by atoms with van der Waals surface area (Å²) in [6, 6.07) is -0.0425. The number of hydrogen-bond acceptors (Lipinski definition) is 2. The van der Waals surface area contributed by atoms with Gasteiger partial charge in [-0.05, 0) is 12.8 Å². The second kappa shape index (κ2) is 16.4. The Hall–Kier alpha value is -0.830. The molecule has 0 radical (unpaired) electrons. The zero-order valence-electron chi connectivity index (χ0n) is 18.1. The fourth-order valence-corrected chi connectivity index (χ4v) is 2.93. The number of nitrogens with one attached hydrogen (secondary N) is 1. The van der Waals surface area contributed by atoms with Crippen LogP contribution in [-0.4, -0.2) is 18.5 Å². The van der Waals surface area contributed by atoms with Gasteiger partial charge in [-0.3, -0.25) is 4.79 Å². The van der Waals surface area contributed by atoms with E-state index in [1.165, 1.54) is 77.0 Å². The average molecular weight is 367 g/mol. The van der Waals surface area contributed by atoms with Crippen molar-refractivity contribution in [3.8, 4) is 0 Å². The summed E-state index contributed by atoms with van der Waals surface area (Å²) in [5, 5.41) is 3.00. The zero-order chi connectivity index (χ0) is 19.7. The zero-order valence-corrected chi connectivity index (χ0v) is 18.1. The first-order valence-corrected chi connectivity index (χ1v) is 11.1. The second-order valence-electron chi connectivity index (χ2n) is 8.67. The number of amides is 1. The van der Waals surface area contributed by atoms with Crippen molar-refractivity contribution in [2.75, 3.05) is 6.54 Å². The number of unbranched alkanes of at least 4 members (excludes halogenated alkanes) is 12. The maximum atomic E-state index is 12.0. The molecule has 0 fully saturated rings. The van der Waals surface area contributed by atoms with Gasteiger partial charge in [0.1, 0.15) is 0 Å². The molecule has 0 unspecified atom stereocenters. The molecule has 1 atom stereocenters. The molecule has 0 aromatic heterocycles. The van der Waals surface area contributed by atoms with E-state index in [9.17, 15) is 4.79 Å². The molecule has 0 bridgehead atoms. The summed E-state index contributed by atoms with van der Waals surface area (Å²) in [5.41, 5.74) is 5.39. The number of carbonyl (C=O) groups excluding carboxylic acids is 1. The molecular formula is C23H46N2O. The first-order chi connectivity index (χ1) is 12.4. The lowest BCUT2D eigenvalue weighted by Crippen LogP contribution is -2.44. The first kappa shape index (κ1) is 25.2. The molecule has 0 aliphatic rings. The Morgan fingerprint density at radius 3 is 1.77 bits per heavy atom. The van der Waals surface area contributed by atoms with E-state index in [0.29, 0.717) is 6.54 Å². The molecule has 0 saturated heterocycles. The average Bonchev–Trinajstić information content (AvgIpc) is 2.59. The summed E-state index contributed by atoms with van der Waals surface area (Å²) >= 11 is 0. The third-order valence-electron chi connectivity index (χ3n) is 4.84. The van der Waals surface area contributed by atoms with Crippen molar-refractivity contribution in [1.29, 1.82) is 0 Å². The van der Waals surface area contributed by atoms with Crippen molar-refractivity contribution >= 4 is 5.91 Å². The topological polar surface area (TPSA) is 55.1 Å². The molecule has 0 spiro atoms. The molecule has 0 aliphatic heterocycles. The molecule has 0 rings (SSSR count). The van der Waals surface area contributed by atoms with Gasteiger partial charge < -0.3 is 11.1 Å². The van der Waals surface area contributed by atoms with Crippen molar-refractivity contribution < 1.29 is 4.79 Å². The maximum Gasteiger partial charge on any atom is 0.225 e. The standard InChI is InChI=1S/C23H46N2O/c1-5-6-7-8-9-10-11-12-13-14-15-16-17-18-19-21(20-24)25-22(26)23(2,3)4/h18-19,21H,5-17,20,24H2,1-4H3,(H,25,26)/b19-18-/t21-/m1/s1. The predicted molar refractivity (Wildman–Crippen MR) is 115 cm³/mol. The Bertz CT molecular complexity index is 358. The normalized spacial score (nSPS) is 13.3. The highest BCUT2D eigenvalue weighted by molar-refractivity contribution is 5.81. The van der Waals surface area contributed by atoms with E-state index in [-0.39, 0.29) is 17.4 Å². The Morgan fingerprint density at radius 1 is 0.885 bits per heavy atom. The SMILES string of the molecule is CCCCCCCCCCCCCC/C=C\[C@H](CN)NC(=O)C(C)(C)C. The minimum absolute atomic E-state index is 0.0425. The second-order valence-corrected chi connectivity index (χ2v) is 8.67. The maximum absolute atomic E-state index is 12.0. The third-order valence-corrected chi connectivity index (χ3v) is 4.84. The van der Waals surface area contributed by atoms with E-state index < -0.39 is 0 Å². The van der Waals surface area contributed by atoms with Crippen LogP contribution < -0.4 is 11.1 Å². The Labute approximate surface area is 163 Å². The van der Waals surface area contributed by atoms with E-state index in [4.69, 9.17) is 5.73 Å². The number of carbonyl (C=O) groups is 1. The Kier molecular flexibility index (Phi) is 15.8. The minimum Gasteiger partial charge on any atom is -0.348 e. The number of allylic oxidation sites excluding steroid dienone is 1. The van der Waals surface area contributed by atoms with E-state index in [0.717, 1.165) is 6.42 Å². The molecule has 154 valence electrons. The van der Waals surface area contributed by atoms with Gasteiger partial charge in [0, 0.05) is 12.0 Å². The van der Waals surface area contributed by atoms with Crippen LogP contribution in [0.2, 0.25) is 0 Å². The highest BCUT2D eigenvalue weighted by atomic mass is 16.2.